The van der Waals surface area contributed by atoms with E-state index in [-0.39, 0.29) is 5.56 Å². The standard InChI is InChI=1S/C24H27F3N6/c1-13-19(6-5-7-21(13)24(25,26)27)14(2)29-23-20-9-16(10-28-22(20)15(3)30-31-23)33-12-17-8-18(33)11-32(17)4/h5-7,9-10,14,17-18H,8,11-12H2,1-4H3,(H,29,31)/t14-,17?,18?/m1/s1. The molecule has 4 heterocycles. The van der Waals surface area contributed by atoms with Gasteiger partial charge in [0, 0.05) is 30.6 Å². The second kappa shape index (κ2) is 7.83. The topological polar surface area (TPSA) is 57.2 Å². The molecule has 2 aliphatic heterocycles. The van der Waals surface area contributed by atoms with E-state index in [0.29, 0.717) is 29.2 Å². The number of aromatic nitrogens is 3. The number of nitrogens with zero attached hydrogens (tertiary/aromatic N) is 5. The summed E-state index contributed by atoms with van der Waals surface area (Å²) in [4.78, 5) is 9.49. The van der Waals surface area contributed by atoms with Gasteiger partial charge in [0.15, 0.2) is 5.82 Å². The summed E-state index contributed by atoms with van der Waals surface area (Å²) >= 11 is 0. The molecule has 9 heteroatoms. The highest BCUT2D eigenvalue weighted by atomic mass is 19.4. The van der Waals surface area contributed by atoms with Crippen LogP contribution < -0.4 is 10.2 Å². The minimum atomic E-state index is -4.39. The van der Waals surface area contributed by atoms with Gasteiger partial charge in [-0.05, 0) is 57.5 Å². The van der Waals surface area contributed by atoms with Crippen LogP contribution in [0.5, 0.6) is 0 Å². The molecule has 174 valence electrons. The molecule has 0 aliphatic carbocycles. The van der Waals surface area contributed by atoms with Crippen molar-refractivity contribution in [3.63, 3.8) is 0 Å². The molecule has 5 rings (SSSR count). The molecule has 2 saturated heterocycles. The molecule has 0 spiro atoms. The number of pyridine rings is 1. The number of fused-ring (bicyclic) bond motifs is 3. The molecule has 1 N–H and O–H groups in total. The van der Waals surface area contributed by atoms with Crippen molar-refractivity contribution >= 4 is 22.4 Å². The second-order valence-corrected chi connectivity index (χ2v) is 9.24. The van der Waals surface area contributed by atoms with Crippen molar-refractivity contribution < 1.29 is 13.2 Å². The van der Waals surface area contributed by atoms with Gasteiger partial charge < -0.3 is 10.2 Å². The van der Waals surface area contributed by atoms with Gasteiger partial charge >= 0.3 is 6.18 Å². The van der Waals surface area contributed by atoms with Crippen LogP contribution in [0.4, 0.5) is 24.7 Å². The number of benzene rings is 1. The third kappa shape index (κ3) is 3.78. The lowest BCUT2D eigenvalue weighted by molar-refractivity contribution is -0.138. The van der Waals surface area contributed by atoms with Gasteiger partial charge in [-0.1, -0.05) is 12.1 Å². The first kappa shape index (κ1) is 21.9. The maximum absolute atomic E-state index is 13.4. The minimum Gasteiger partial charge on any atom is -0.364 e. The predicted octanol–water partition coefficient (Wildman–Crippen LogP) is 4.73. The van der Waals surface area contributed by atoms with E-state index < -0.39 is 17.8 Å². The Hall–Kier alpha value is -2.94. The van der Waals surface area contributed by atoms with Crippen molar-refractivity contribution in [1.82, 2.24) is 20.1 Å². The van der Waals surface area contributed by atoms with Crippen LogP contribution >= 0.6 is 0 Å². The molecule has 33 heavy (non-hydrogen) atoms. The molecule has 3 aromatic rings. The molecule has 0 saturated carbocycles. The normalized spacial score (nSPS) is 21.7. The number of halogens is 3. The number of hydrogen-bond acceptors (Lipinski definition) is 6. The van der Waals surface area contributed by atoms with E-state index in [1.807, 2.05) is 20.0 Å². The van der Waals surface area contributed by atoms with Crippen LogP contribution in [0.25, 0.3) is 10.9 Å². The first-order chi connectivity index (χ1) is 15.6. The second-order valence-electron chi connectivity index (χ2n) is 9.24. The molecule has 2 bridgehead atoms. The largest absolute Gasteiger partial charge is 0.416 e. The van der Waals surface area contributed by atoms with Gasteiger partial charge in [-0.25, -0.2) is 0 Å². The number of likely N-dealkylation sites (tertiary alicyclic amines) is 1. The number of piperazine rings is 1. The summed E-state index contributed by atoms with van der Waals surface area (Å²) in [5.74, 6) is 0.524. The van der Waals surface area contributed by atoms with E-state index >= 15 is 0 Å². The van der Waals surface area contributed by atoms with E-state index in [1.54, 1.807) is 6.07 Å². The Kier molecular flexibility index (Phi) is 5.19. The minimum absolute atomic E-state index is 0.213. The molecule has 1 aromatic carbocycles. The van der Waals surface area contributed by atoms with Crippen LogP contribution in [0, 0.1) is 13.8 Å². The maximum atomic E-state index is 13.4. The zero-order valence-electron chi connectivity index (χ0n) is 19.1. The van der Waals surface area contributed by atoms with Gasteiger partial charge in [0.05, 0.1) is 34.7 Å². The van der Waals surface area contributed by atoms with E-state index in [4.69, 9.17) is 0 Å². The summed E-state index contributed by atoms with van der Waals surface area (Å²) in [5.41, 5.74) is 2.67. The molecule has 3 atom stereocenters. The number of aryl methyl sites for hydroxylation is 1. The fraction of sp³-hybridized carbons (Fsp3) is 0.458. The van der Waals surface area contributed by atoms with Crippen LogP contribution in [-0.2, 0) is 6.18 Å². The summed E-state index contributed by atoms with van der Waals surface area (Å²) in [7, 11) is 2.17. The fourth-order valence-electron chi connectivity index (χ4n) is 5.31. The van der Waals surface area contributed by atoms with Crippen LogP contribution in [-0.4, -0.2) is 52.3 Å². The van der Waals surface area contributed by atoms with Gasteiger partial charge in [0.1, 0.15) is 0 Å². The van der Waals surface area contributed by atoms with Crippen molar-refractivity contribution in [2.24, 2.45) is 0 Å². The average Bonchev–Trinajstić information content (AvgIpc) is 3.34. The van der Waals surface area contributed by atoms with Crippen molar-refractivity contribution in [1.29, 1.82) is 0 Å². The zero-order valence-corrected chi connectivity index (χ0v) is 19.1. The van der Waals surface area contributed by atoms with E-state index in [2.05, 4.69) is 43.4 Å². The third-order valence-electron chi connectivity index (χ3n) is 7.12. The Bertz CT molecular complexity index is 1210. The van der Waals surface area contributed by atoms with Crippen molar-refractivity contribution in [2.45, 2.75) is 51.5 Å². The van der Waals surface area contributed by atoms with Crippen molar-refractivity contribution in [3.8, 4) is 0 Å². The smallest absolute Gasteiger partial charge is 0.364 e. The number of nitrogens with one attached hydrogen (secondary N) is 1. The zero-order chi connectivity index (χ0) is 23.5. The van der Waals surface area contributed by atoms with Crippen LogP contribution in [0.2, 0.25) is 0 Å². The molecular weight excluding hydrogens is 429 g/mol. The Morgan fingerprint density at radius 3 is 2.58 bits per heavy atom. The lowest BCUT2D eigenvalue weighted by Gasteiger charge is -2.33. The molecular formula is C24H27F3N6. The molecule has 2 unspecified atom stereocenters. The average molecular weight is 457 g/mol. The quantitative estimate of drug-likeness (QED) is 0.613. The Labute approximate surface area is 190 Å². The molecule has 2 aromatic heterocycles. The number of alkyl halides is 3. The molecule has 0 amide bonds. The first-order valence-corrected chi connectivity index (χ1v) is 11.2. The predicted molar refractivity (Wildman–Crippen MR) is 122 cm³/mol. The number of hydrogen-bond donors (Lipinski definition) is 1. The fourth-order valence-corrected chi connectivity index (χ4v) is 5.31. The summed E-state index contributed by atoms with van der Waals surface area (Å²) in [6.07, 6.45) is -1.35. The molecule has 2 fully saturated rings. The van der Waals surface area contributed by atoms with Crippen LogP contribution in [0.15, 0.2) is 30.5 Å². The summed E-state index contributed by atoms with van der Waals surface area (Å²) < 4.78 is 40.2. The highest BCUT2D eigenvalue weighted by Crippen LogP contribution is 2.37. The monoisotopic (exact) mass is 456 g/mol. The summed E-state index contributed by atoms with van der Waals surface area (Å²) in [6, 6.07) is 6.99. The maximum Gasteiger partial charge on any atom is 0.416 e. The van der Waals surface area contributed by atoms with Crippen molar-refractivity contribution in [2.75, 3.05) is 30.4 Å². The molecule has 2 aliphatic rings. The number of anilines is 2. The van der Waals surface area contributed by atoms with Crippen molar-refractivity contribution in [3.05, 3.63) is 52.8 Å². The van der Waals surface area contributed by atoms with E-state index in [0.717, 1.165) is 42.2 Å². The highest BCUT2D eigenvalue weighted by Gasteiger charge is 2.41. The van der Waals surface area contributed by atoms with Crippen LogP contribution in [0.3, 0.4) is 0 Å². The van der Waals surface area contributed by atoms with Gasteiger partial charge in [0.25, 0.3) is 0 Å². The van der Waals surface area contributed by atoms with Crippen LogP contribution in [0.1, 0.15) is 41.8 Å². The molecule has 6 nitrogen and oxygen atoms in total. The van der Waals surface area contributed by atoms with Gasteiger partial charge in [-0.15, -0.1) is 5.10 Å². The lowest BCUT2D eigenvalue weighted by atomic mass is 9.97. The SMILES string of the molecule is Cc1c([C@@H](C)Nc2nnc(C)c3ncc(N4CC5CC4CN5C)cc23)cccc1C(F)(F)F. The number of likely N-dealkylation sites (N-methyl/N-ethyl adjacent to an activating group) is 1. The third-order valence-corrected chi connectivity index (χ3v) is 7.12. The summed E-state index contributed by atoms with van der Waals surface area (Å²) in [5, 5.41) is 12.7. The highest BCUT2D eigenvalue weighted by molar-refractivity contribution is 5.92. The van der Waals surface area contributed by atoms with Gasteiger partial charge in [-0.2, -0.15) is 18.3 Å². The Morgan fingerprint density at radius 2 is 1.91 bits per heavy atom. The summed E-state index contributed by atoms with van der Waals surface area (Å²) in [6.45, 7) is 7.21. The van der Waals surface area contributed by atoms with E-state index in [1.165, 1.54) is 13.0 Å². The van der Waals surface area contributed by atoms with E-state index in [9.17, 15) is 13.2 Å². The van der Waals surface area contributed by atoms with Gasteiger partial charge in [-0.3, -0.25) is 9.88 Å². The lowest BCUT2D eigenvalue weighted by Crippen LogP contribution is -2.44. The Balaban J connectivity index is 1.49. The number of rotatable bonds is 4. The first-order valence-electron chi connectivity index (χ1n) is 11.2. The molecule has 0 radical (unpaired) electrons. The van der Waals surface area contributed by atoms with Gasteiger partial charge in [0.2, 0.25) is 0 Å². The Morgan fingerprint density at radius 1 is 1.12 bits per heavy atom.